The van der Waals surface area contributed by atoms with Crippen LogP contribution in [0.15, 0.2) is 0 Å². The molecule has 0 bridgehead atoms. The summed E-state index contributed by atoms with van der Waals surface area (Å²) in [5.41, 5.74) is 5.13. The number of carbonyl (C=O) groups is 1. The van der Waals surface area contributed by atoms with Gasteiger partial charge in [-0.1, -0.05) is 19.3 Å². The van der Waals surface area contributed by atoms with Crippen LogP contribution in [0.1, 0.15) is 39.0 Å². The van der Waals surface area contributed by atoms with Crippen molar-refractivity contribution in [1.29, 1.82) is 0 Å². The number of primary amides is 1. The number of nitrogens with one attached hydrogen (secondary N) is 2. The van der Waals surface area contributed by atoms with Crippen molar-refractivity contribution in [2.75, 3.05) is 0 Å². The average Bonchev–Trinajstić information content (AvgIpc) is 2.18. The third kappa shape index (κ3) is 4.46. The number of hydrogen-bond acceptors (Lipinski definition) is 2. The van der Waals surface area contributed by atoms with Crippen molar-refractivity contribution in [3.63, 3.8) is 0 Å². The van der Waals surface area contributed by atoms with Gasteiger partial charge in [-0.3, -0.25) is 4.79 Å². The highest BCUT2D eigenvalue weighted by Crippen LogP contribution is 2.17. The SMILES string of the molecule is CC(NC(=S)NC1CCCCC1)C(N)=O. The van der Waals surface area contributed by atoms with E-state index < -0.39 is 6.04 Å². The molecule has 1 atom stereocenters. The molecular formula is C10H19N3OS. The fourth-order valence-corrected chi connectivity index (χ4v) is 2.09. The highest BCUT2D eigenvalue weighted by Gasteiger charge is 2.15. The zero-order valence-corrected chi connectivity index (χ0v) is 9.90. The first-order valence-electron chi connectivity index (χ1n) is 5.46. The van der Waals surface area contributed by atoms with Gasteiger partial charge in [0, 0.05) is 6.04 Å². The van der Waals surface area contributed by atoms with E-state index in [-0.39, 0.29) is 5.91 Å². The van der Waals surface area contributed by atoms with Gasteiger partial charge in [0.1, 0.15) is 6.04 Å². The molecule has 1 rings (SSSR count). The van der Waals surface area contributed by atoms with Gasteiger partial charge in [0.2, 0.25) is 5.91 Å². The Hall–Kier alpha value is -0.840. The molecule has 0 spiro atoms. The van der Waals surface area contributed by atoms with Crippen molar-refractivity contribution in [3.8, 4) is 0 Å². The van der Waals surface area contributed by atoms with Gasteiger partial charge in [-0.05, 0) is 32.0 Å². The van der Waals surface area contributed by atoms with Crippen LogP contribution in [-0.4, -0.2) is 23.1 Å². The number of thiocarbonyl (C=S) groups is 1. The van der Waals surface area contributed by atoms with Crippen molar-refractivity contribution < 1.29 is 4.79 Å². The Bertz CT molecular complexity index is 239. The first-order chi connectivity index (χ1) is 7.09. The second-order valence-corrected chi connectivity index (χ2v) is 4.49. The fraction of sp³-hybridized carbons (Fsp3) is 0.800. The van der Waals surface area contributed by atoms with Gasteiger partial charge < -0.3 is 16.4 Å². The lowest BCUT2D eigenvalue weighted by molar-refractivity contribution is -0.119. The van der Waals surface area contributed by atoms with Gasteiger partial charge in [-0.2, -0.15) is 0 Å². The molecule has 15 heavy (non-hydrogen) atoms. The van der Waals surface area contributed by atoms with Crippen LogP contribution in [0, 0.1) is 0 Å². The van der Waals surface area contributed by atoms with Crippen LogP contribution in [0.4, 0.5) is 0 Å². The van der Waals surface area contributed by atoms with E-state index >= 15 is 0 Å². The molecule has 0 heterocycles. The van der Waals surface area contributed by atoms with Crippen LogP contribution in [0.2, 0.25) is 0 Å². The zero-order valence-electron chi connectivity index (χ0n) is 9.08. The zero-order chi connectivity index (χ0) is 11.3. The van der Waals surface area contributed by atoms with Crippen molar-refractivity contribution in [2.24, 2.45) is 5.73 Å². The smallest absolute Gasteiger partial charge is 0.239 e. The summed E-state index contributed by atoms with van der Waals surface area (Å²) >= 11 is 5.10. The number of rotatable bonds is 3. The third-order valence-electron chi connectivity index (χ3n) is 2.71. The predicted octanol–water partition coefficient (Wildman–Crippen LogP) is 0.657. The average molecular weight is 229 g/mol. The Labute approximate surface area is 96.0 Å². The Morgan fingerprint density at radius 2 is 2.00 bits per heavy atom. The Kier molecular flexibility index (Phi) is 4.81. The van der Waals surface area contributed by atoms with Crippen LogP contribution < -0.4 is 16.4 Å². The maximum atomic E-state index is 10.8. The lowest BCUT2D eigenvalue weighted by atomic mass is 9.96. The minimum absolute atomic E-state index is 0.386. The summed E-state index contributed by atoms with van der Waals surface area (Å²) in [6.45, 7) is 1.71. The second-order valence-electron chi connectivity index (χ2n) is 4.08. The fourth-order valence-electron chi connectivity index (χ4n) is 1.74. The largest absolute Gasteiger partial charge is 0.368 e. The van der Waals surface area contributed by atoms with E-state index in [4.69, 9.17) is 18.0 Å². The van der Waals surface area contributed by atoms with Gasteiger partial charge in [0.05, 0.1) is 0 Å². The molecule has 1 unspecified atom stereocenters. The molecule has 4 nitrogen and oxygen atoms in total. The maximum absolute atomic E-state index is 10.8. The minimum Gasteiger partial charge on any atom is -0.368 e. The third-order valence-corrected chi connectivity index (χ3v) is 2.95. The maximum Gasteiger partial charge on any atom is 0.239 e. The van der Waals surface area contributed by atoms with E-state index in [1.54, 1.807) is 6.92 Å². The van der Waals surface area contributed by atoms with Crippen molar-refractivity contribution in [1.82, 2.24) is 10.6 Å². The molecule has 1 fully saturated rings. The Balaban J connectivity index is 2.25. The summed E-state index contributed by atoms with van der Waals surface area (Å²) in [6, 6.07) is 0.0485. The van der Waals surface area contributed by atoms with Crippen LogP contribution >= 0.6 is 12.2 Å². The van der Waals surface area contributed by atoms with Crippen LogP contribution in [0.3, 0.4) is 0 Å². The van der Waals surface area contributed by atoms with Gasteiger partial charge in [0.15, 0.2) is 5.11 Å². The molecule has 1 aliphatic carbocycles. The first-order valence-corrected chi connectivity index (χ1v) is 5.87. The summed E-state index contributed by atoms with van der Waals surface area (Å²) in [4.78, 5) is 10.8. The van der Waals surface area contributed by atoms with Gasteiger partial charge in [-0.25, -0.2) is 0 Å². The number of amides is 1. The van der Waals surface area contributed by atoms with E-state index in [0.29, 0.717) is 11.2 Å². The molecule has 0 radical (unpaired) electrons. The molecule has 0 saturated heterocycles. The predicted molar refractivity (Wildman–Crippen MR) is 64.4 cm³/mol. The summed E-state index contributed by atoms with van der Waals surface area (Å²) in [6.07, 6.45) is 6.15. The molecule has 86 valence electrons. The molecule has 0 aromatic carbocycles. The van der Waals surface area contributed by atoms with Crippen molar-refractivity contribution >= 4 is 23.2 Å². The summed E-state index contributed by atoms with van der Waals surface area (Å²) in [5.74, 6) is -0.386. The molecule has 1 aliphatic rings. The van der Waals surface area contributed by atoms with Crippen molar-refractivity contribution in [3.05, 3.63) is 0 Å². The molecule has 0 aliphatic heterocycles. The van der Waals surface area contributed by atoms with E-state index in [9.17, 15) is 4.79 Å². The van der Waals surface area contributed by atoms with E-state index in [1.165, 1.54) is 19.3 Å². The lowest BCUT2D eigenvalue weighted by Crippen LogP contribution is -2.49. The molecular weight excluding hydrogens is 210 g/mol. The Morgan fingerprint density at radius 3 is 2.53 bits per heavy atom. The number of nitrogens with two attached hydrogens (primary N) is 1. The normalized spacial score (nSPS) is 19.3. The molecule has 1 amide bonds. The molecule has 5 heteroatoms. The van der Waals surface area contributed by atoms with Crippen molar-refractivity contribution in [2.45, 2.75) is 51.1 Å². The number of hydrogen-bond donors (Lipinski definition) is 3. The lowest BCUT2D eigenvalue weighted by Gasteiger charge is -2.25. The first kappa shape index (κ1) is 12.2. The summed E-state index contributed by atoms with van der Waals surface area (Å²) in [7, 11) is 0. The highest BCUT2D eigenvalue weighted by atomic mass is 32.1. The molecule has 1 saturated carbocycles. The highest BCUT2D eigenvalue weighted by molar-refractivity contribution is 7.80. The van der Waals surface area contributed by atoms with Crippen LogP contribution in [0.25, 0.3) is 0 Å². The molecule has 4 N–H and O–H groups in total. The quantitative estimate of drug-likeness (QED) is 0.622. The van der Waals surface area contributed by atoms with E-state index in [2.05, 4.69) is 10.6 Å². The Morgan fingerprint density at radius 1 is 1.40 bits per heavy atom. The molecule has 0 aromatic rings. The van der Waals surface area contributed by atoms with Gasteiger partial charge in [0.25, 0.3) is 0 Å². The standard InChI is InChI=1S/C10H19N3OS/c1-7(9(11)14)12-10(15)13-8-5-3-2-4-6-8/h7-8H,2-6H2,1H3,(H2,11,14)(H2,12,13,15). The van der Waals surface area contributed by atoms with E-state index in [1.807, 2.05) is 0 Å². The van der Waals surface area contributed by atoms with Crippen LogP contribution in [-0.2, 0) is 4.79 Å². The van der Waals surface area contributed by atoms with E-state index in [0.717, 1.165) is 12.8 Å². The van der Waals surface area contributed by atoms with Crippen LogP contribution in [0.5, 0.6) is 0 Å². The monoisotopic (exact) mass is 229 g/mol. The number of carbonyl (C=O) groups excluding carboxylic acids is 1. The van der Waals surface area contributed by atoms with Gasteiger partial charge >= 0.3 is 0 Å². The minimum atomic E-state index is -0.409. The summed E-state index contributed by atoms with van der Waals surface area (Å²) in [5, 5.41) is 6.62. The molecule has 0 aromatic heterocycles. The summed E-state index contributed by atoms with van der Waals surface area (Å²) < 4.78 is 0. The van der Waals surface area contributed by atoms with Gasteiger partial charge in [-0.15, -0.1) is 0 Å². The second kappa shape index (κ2) is 5.90. The topological polar surface area (TPSA) is 67.2 Å².